The molecule has 8 aromatic carbocycles. The first-order valence-corrected chi connectivity index (χ1v) is 16.2. The smallest absolute Gasteiger partial charge is 0.165 e. The number of hydrogen-bond donors (Lipinski definition) is 0. The first-order valence-electron chi connectivity index (χ1n) is 16.2. The first-order chi connectivity index (χ1) is 23.8. The van der Waals surface area contributed by atoms with Crippen molar-refractivity contribution < 1.29 is 0 Å². The molecule has 224 valence electrons. The third-order valence-electron chi connectivity index (χ3n) is 9.13. The van der Waals surface area contributed by atoms with Gasteiger partial charge in [0.05, 0.1) is 0 Å². The van der Waals surface area contributed by atoms with Crippen molar-refractivity contribution in [1.82, 2.24) is 15.0 Å². The average Bonchev–Trinajstić information content (AvgIpc) is 3.17. The fourth-order valence-corrected chi connectivity index (χ4v) is 6.69. The molecule has 48 heavy (non-hydrogen) atoms. The van der Waals surface area contributed by atoms with E-state index in [1.54, 1.807) is 0 Å². The molecular formula is C45H29N3. The van der Waals surface area contributed by atoms with Crippen molar-refractivity contribution in [2.24, 2.45) is 0 Å². The normalized spacial score (nSPS) is 11.3. The van der Waals surface area contributed by atoms with E-state index in [0.29, 0.717) is 17.5 Å². The zero-order valence-corrected chi connectivity index (χ0v) is 26.1. The quantitative estimate of drug-likeness (QED) is 0.144. The van der Waals surface area contributed by atoms with Gasteiger partial charge in [0.15, 0.2) is 17.5 Å². The van der Waals surface area contributed by atoms with Crippen LogP contribution >= 0.6 is 0 Å². The lowest BCUT2D eigenvalue weighted by molar-refractivity contribution is 1.08. The highest BCUT2D eigenvalue weighted by molar-refractivity contribution is 6.19. The van der Waals surface area contributed by atoms with Crippen LogP contribution in [-0.4, -0.2) is 15.0 Å². The summed E-state index contributed by atoms with van der Waals surface area (Å²) in [7, 11) is 0. The summed E-state index contributed by atoms with van der Waals surface area (Å²) in [4.78, 5) is 15.4. The molecule has 0 unspecified atom stereocenters. The largest absolute Gasteiger partial charge is 0.208 e. The SMILES string of the molecule is c1ccc(-c2ccc(-c3ccc(-c4nc(-c5ccccc5)nc(-c5c6ccccc6cc6c5ccc5ccccc56)n4)cc3)cc2)cc1. The maximum absolute atomic E-state index is 5.21. The van der Waals surface area contributed by atoms with Gasteiger partial charge in [-0.1, -0.05) is 170 Å². The highest BCUT2D eigenvalue weighted by atomic mass is 15.0. The van der Waals surface area contributed by atoms with Gasteiger partial charge in [-0.3, -0.25) is 0 Å². The molecule has 0 saturated carbocycles. The minimum absolute atomic E-state index is 0.645. The predicted octanol–water partition coefficient (Wildman–Crippen LogP) is 11.7. The third-order valence-corrected chi connectivity index (χ3v) is 9.13. The Balaban J connectivity index is 1.20. The molecule has 0 aliphatic carbocycles. The molecule has 0 saturated heterocycles. The van der Waals surface area contributed by atoms with Crippen LogP contribution in [0.1, 0.15) is 0 Å². The monoisotopic (exact) mass is 611 g/mol. The number of rotatable bonds is 5. The van der Waals surface area contributed by atoms with E-state index in [1.807, 2.05) is 24.3 Å². The molecule has 0 amide bonds. The summed E-state index contributed by atoms with van der Waals surface area (Å²) in [6.45, 7) is 0. The fraction of sp³-hybridized carbons (Fsp3) is 0. The summed E-state index contributed by atoms with van der Waals surface area (Å²) >= 11 is 0. The van der Waals surface area contributed by atoms with E-state index in [2.05, 4.69) is 152 Å². The van der Waals surface area contributed by atoms with Crippen molar-refractivity contribution in [3.05, 3.63) is 176 Å². The highest BCUT2D eigenvalue weighted by Gasteiger charge is 2.18. The lowest BCUT2D eigenvalue weighted by Gasteiger charge is -2.14. The Bertz CT molecular complexity index is 2580. The standard InChI is InChI=1S/C45H29N3/c1-3-11-30(12-4-1)31-19-21-32(22-20-31)33-23-25-36(26-24-33)44-46-43(35-14-5-2-6-15-35)47-45(48-44)42-39-18-10-8-16-37(39)29-41-38-17-9-7-13-34(38)27-28-40(41)42/h1-29H. The zero-order chi connectivity index (χ0) is 31.9. The Kier molecular flexibility index (Phi) is 6.80. The minimum Gasteiger partial charge on any atom is -0.208 e. The number of hydrogen-bond acceptors (Lipinski definition) is 3. The average molecular weight is 612 g/mol. The third kappa shape index (κ3) is 4.99. The van der Waals surface area contributed by atoms with Crippen LogP contribution in [0.4, 0.5) is 0 Å². The van der Waals surface area contributed by atoms with Crippen molar-refractivity contribution >= 4 is 32.3 Å². The van der Waals surface area contributed by atoms with Gasteiger partial charge in [0, 0.05) is 16.7 Å². The van der Waals surface area contributed by atoms with Crippen molar-refractivity contribution in [3.8, 4) is 56.4 Å². The molecule has 0 aliphatic rings. The topological polar surface area (TPSA) is 38.7 Å². The second kappa shape index (κ2) is 11.7. The van der Waals surface area contributed by atoms with Crippen LogP contribution in [0, 0.1) is 0 Å². The van der Waals surface area contributed by atoms with Crippen LogP contribution in [0.25, 0.3) is 88.7 Å². The molecule has 0 bridgehead atoms. The Hall–Kier alpha value is -6.45. The Labute approximate surface area is 278 Å². The number of nitrogens with zero attached hydrogens (tertiary/aromatic N) is 3. The van der Waals surface area contributed by atoms with E-state index in [9.17, 15) is 0 Å². The van der Waals surface area contributed by atoms with Gasteiger partial charge in [-0.05, 0) is 60.6 Å². The molecule has 1 aromatic heterocycles. The molecule has 0 spiro atoms. The number of aromatic nitrogens is 3. The first kappa shape index (κ1) is 27.8. The highest BCUT2D eigenvalue weighted by Crippen LogP contribution is 2.39. The van der Waals surface area contributed by atoms with E-state index in [4.69, 9.17) is 15.0 Å². The molecule has 0 radical (unpaired) electrons. The molecule has 9 rings (SSSR count). The maximum atomic E-state index is 5.21. The van der Waals surface area contributed by atoms with Crippen LogP contribution in [0.15, 0.2) is 176 Å². The number of fused-ring (bicyclic) bond motifs is 4. The van der Waals surface area contributed by atoms with E-state index < -0.39 is 0 Å². The van der Waals surface area contributed by atoms with Crippen molar-refractivity contribution in [1.29, 1.82) is 0 Å². The van der Waals surface area contributed by atoms with E-state index in [-0.39, 0.29) is 0 Å². The van der Waals surface area contributed by atoms with E-state index >= 15 is 0 Å². The van der Waals surface area contributed by atoms with Gasteiger partial charge in [-0.15, -0.1) is 0 Å². The second-order valence-corrected chi connectivity index (χ2v) is 12.0. The second-order valence-electron chi connectivity index (χ2n) is 12.0. The van der Waals surface area contributed by atoms with Gasteiger partial charge >= 0.3 is 0 Å². The molecular weight excluding hydrogens is 583 g/mol. The van der Waals surface area contributed by atoms with Gasteiger partial charge in [-0.25, -0.2) is 15.0 Å². The van der Waals surface area contributed by atoms with E-state index in [1.165, 1.54) is 27.3 Å². The molecule has 0 N–H and O–H groups in total. The van der Waals surface area contributed by atoms with Gasteiger partial charge in [0.1, 0.15) is 0 Å². The fourth-order valence-electron chi connectivity index (χ4n) is 6.69. The van der Waals surface area contributed by atoms with Gasteiger partial charge in [-0.2, -0.15) is 0 Å². The van der Waals surface area contributed by atoms with Crippen LogP contribution in [0.5, 0.6) is 0 Å². The Morgan fingerprint density at radius 1 is 0.250 bits per heavy atom. The van der Waals surface area contributed by atoms with Crippen molar-refractivity contribution in [2.75, 3.05) is 0 Å². The molecule has 9 aromatic rings. The van der Waals surface area contributed by atoms with E-state index in [0.717, 1.165) is 44.0 Å². The van der Waals surface area contributed by atoms with Crippen molar-refractivity contribution in [2.45, 2.75) is 0 Å². The summed E-state index contributed by atoms with van der Waals surface area (Å²) in [5.41, 5.74) is 7.63. The maximum Gasteiger partial charge on any atom is 0.165 e. The molecule has 0 atom stereocenters. The minimum atomic E-state index is 0.645. The Morgan fingerprint density at radius 3 is 1.31 bits per heavy atom. The van der Waals surface area contributed by atoms with Crippen LogP contribution < -0.4 is 0 Å². The summed E-state index contributed by atoms with van der Waals surface area (Å²) in [6.07, 6.45) is 0. The summed E-state index contributed by atoms with van der Waals surface area (Å²) in [5.74, 6) is 1.96. The summed E-state index contributed by atoms with van der Waals surface area (Å²) < 4.78 is 0. The number of benzene rings is 8. The van der Waals surface area contributed by atoms with Gasteiger partial charge < -0.3 is 0 Å². The van der Waals surface area contributed by atoms with Gasteiger partial charge in [0.2, 0.25) is 0 Å². The van der Waals surface area contributed by atoms with Crippen LogP contribution in [0.2, 0.25) is 0 Å². The summed E-state index contributed by atoms with van der Waals surface area (Å²) in [5, 5.41) is 7.01. The lowest BCUT2D eigenvalue weighted by Crippen LogP contribution is -2.01. The summed E-state index contributed by atoms with van der Waals surface area (Å²) in [6, 6.07) is 61.7. The molecule has 0 fully saturated rings. The van der Waals surface area contributed by atoms with Gasteiger partial charge in [0.25, 0.3) is 0 Å². The van der Waals surface area contributed by atoms with Crippen LogP contribution in [0.3, 0.4) is 0 Å². The van der Waals surface area contributed by atoms with Crippen LogP contribution in [-0.2, 0) is 0 Å². The predicted molar refractivity (Wildman–Crippen MR) is 200 cm³/mol. The molecule has 1 heterocycles. The molecule has 3 nitrogen and oxygen atoms in total. The van der Waals surface area contributed by atoms with Crippen molar-refractivity contribution in [3.63, 3.8) is 0 Å². The zero-order valence-electron chi connectivity index (χ0n) is 26.1. The lowest BCUT2D eigenvalue weighted by atomic mass is 9.93. The Morgan fingerprint density at radius 2 is 0.688 bits per heavy atom. The molecule has 0 aliphatic heterocycles. The molecule has 3 heteroatoms.